The molecule has 29 heavy (non-hydrogen) atoms. The molecule has 1 saturated heterocycles. The SMILES string of the molecule is Cc1cc(Oc2c(C3CC3)nn(C3CCS(O)(O)C3)c2C2CC2)cc(C)c1C#N. The van der Waals surface area contributed by atoms with E-state index < -0.39 is 10.6 Å². The summed E-state index contributed by atoms with van der Waals surface area (Å²) < 4.78 is 28.9. The fourth-order valence-electron chi connectivity index (χ4n) is 4.46. The van der Waals surface area contributed by atoms with Gasteiger partial charge in [0.25, 0.3) is 0 Å². The highest BCUT2D eigenvalue weighted by molar-refractivity contribution is 8.24. The fraction of sp³-hybridized carbons (Fsp3) is 0.545. The minimum atomic E-state index is -2.48. The van der Waals surface area contributed by atoms with E-state index in [9.17, 15) is 14.4 Å². The molecule has 6 nitrogen and oxygen atoms in total. The Balaban J connectivity index is 1.57. The van der Waals surface area contributed by atoms with Crippen LogP contribution in [0, 0.1) is 25.2 Å². The molecule has 2 aromatic rings. The van der Waals surface area contributed by atoms with Crippen molar-refractivity contribution in [3.63, 3.8) is 0 Å². The van der Waals surface area contributed by atoms with E-state index in [2.05, 4.69) is 10.8 Å². The molecule has 2 heterocycles. The van der Waals surface area contributed by atoms with Gasteiger partial charge in [-0.2, -0.15) is 21.0 Å². The number of aromatic nitrogens is 2. The van der Waals surface area contributed by atoms with Gasteiger partial charge in [-0.25, -0.2) is 0 Å². The predicted octanol–water partition coefficient (Wildman–Crippen LogP) is 5.61. The lowest BCUT2D eigenvalue weighted by Crippen LogP contribution is -2.14. The molecule has 1 aromatic carbocycles. The number of nitrogens with zero attached hydrogens (tertiary/aromatic N) is 3. The lowest BCUT2D eigenvalue weighted by atomic mass is 10.0. The molecule has 2 saturated carbocycles. The fourth-order valence-corrected chi connectivity index (χ4v) is 6.20. The normalized spacial score (nSPS) is 24.3. The van der Waals surface area contributed by atoms with E-state index in [1.807, 2.05) is 26.0 Å². The van der Waals surface area contributed by atoms with Crippen molar-refractivity contribution in [2.45, 2.75) is 63.8 Å². The quantitative estimate of drug-likeness (QED) is 0.664. The van der Waals surface area contributed by atoms with E-state index in [4.69, 9.17) is 9.84 Å². The van der Waals surface area contributed by atoms with Crippen LogP contribution in [-0.2, 0) is 0 Å². The number of ether oxygens (including phenoxy) is 1. The van der Waals surface area contributed by atoms with Crippen molar-refractivity contribution in [2.24, 2.45) is 0 Å². The Morgan fingerprint density at radius 2 is 1.76 bits per heavy atom. The van der Waals surface area contributed by atoms with Gasteiger partial charge in [0, 0.05) is 17.6 Å². The topological polar surface area (TPSA) is 91.3 Å². The molecule has 7 heteroatoms. The molecule has 1 aliphatic heterocycles. The zero-order valence-corrected chi connectivity index (χ0v) is 17.7. The molecular formula is C22H27N3O3S. The number of benzene rings is 1. The maximum absolute atomic E-state index is 10.2. The zero-order valence-electron chi connectivity index (χ0n) is 16.9. The van der Waals surface area contributed by atoms with Crippen LogP contribution in [0.15, 0.2) is 12.1 Å². The average molecular weight is 414 g/mol. The van der Waals surface area contributed by atoms with Crippen LogP contribution in [0.5, 0.6) is 11.5 Å². The van der Waals surface area contributed by atoms with E-state index in [0.717, 1.165) is 66.1 Å². The highest BCUT2D eigenvalue weighted by Crippen LogP contribution is 2.56. The summed E-state index contributed by atoms with van der Waals surface area (Å²) in [5.41, 5.74) is 4.69. The zero-order chi connectivity index (χ0) is 20.3. The highest BCUT2D eigenvalue weighted by Gasteiger charge is 2.42. The smallest absolute Gasteiger partial charge is 0.172 e. The van der Waals surface area contributed by atoms with E-state index in [-0.39, 0.29) is 6.04 Å². The molecule has 3 aliphatic rings. The Kier molecular flexibility index (Phi) is 4.43. The Hall–Kier alpha value is -2.01. The van der Waals surface area contributed by atoms with Crippen LogP contribution in [-0.4, -0.2) is 30.4 Å². The molecule has 2 N–H and O–H groups in total. The highest BCUT2D eigenvalue weighted by atomic mass is 32.3. The average Bonchev–Trinajstić information content (AvgIpc) is 3.57. The molecule has 1 aromatic heterocycles. The molecular weight excluding hydrogens is 386 g/mol. The van der Waals surface area contributed by atoms with Crippen molar-refractivity contribution >= 4 is 10.6 Å². The van der Waals surface area contributed by atoms with Crippen LogP contribution < -0.4 is 4.74 Å². The molecule has 154 valence electrons. The number of hydrogen-bond acceptors (Lipinski definition) is 5. The second-order valence-corrected chi connectivity index (χ2v) is 11.2. The molecule has 0 radical (unpaired) electrons. The van der Waals surface area contributed by atoms with Crippen LogP contribution in [0.1, 0.15) is 78.1 Å². The van der Waals surface area contributed by atoms with E-state index in [0.29, 0.717) is 28.9 Å². The Morgan fingerprint density at radius 3 is 2.28 bits per heavy atom. The van der Waals surface area contributed by atoms with Crippen molar-refractivity contribution in [2.75, 3.05) is 11.5 Å². The van der Waals surface area contributed by atoms with Crippen LogP contribution in [0.2, 0.25) is 0 Å². The lowest BCUT2D eigenvalue weighted by molar-refractivity contribution is 0.448. The van der Waals surface area contributed by atoms with Gasteiger partial charge in [-0.3, -0.25) is 13.8 Å². The minimum Gasteiger partial charge on any atom is -0.453 e. The van der Waals surface area contributed by atoms with Gasteiger partial charge < -0.3 is 4.74 Å². The van der Waals surface area contributed by atoms with Gasteiger partial charge in [0.15, 0.2) is 5.75 Å². The van der Waals surface area contributed by atoms with Crippen LogP contribution in [0.4, 0.5) is 0 Å². The standard InChI is InChI=1S/C22H27N3O3S/c1-13-9-18(10-14(2)19(13)11-23)28-22-20(15-3-4-15)24-25(21(22)16-5-6-16)17-7-8-29(26,27)12-17/h9-10,15-17,26-27H,3-8,12H2,1-2H3. The van der Waals surface area contributed by atoms with Gasteiger partial charge in [-0.05, 0) is 69.2 Å². The van der Waals surface area contributed by atoms with Gasteiger partial charge in [-0.1, -0.05) is 0 Å². The second kappa shape index (κ2) is 6.76. The van der Waals surface area contributed by atoms with Crippen molar-refractivity contribution < 1.29 is 13.8 Å². The molecule has 0 spiro atoms. The third-order valence-electron chi connectivity index (χ3n) is 6.28. The van der Waals surface area contributed by atoms with Crippen molar-refractivity contribution in [3.8, 4) is 17.6 Å². The summed E-state index contributed by atoms with van der Waals surface area (Å²) in [5.74, 6) is 3.36. The van der Waals surface area contributed by atoms with E-state index >= 15 is 0 Å². The molecule has 2 aliphatic carbocycles. The number of nitriles is 1. The third-order valence-corrected chi connectivity index (χ3v) is 8.08. The van der Waals surface area contributed by atoms with Crippen molar-refractivity contribution in [1.29, 1.82) is 5.26 Å². The van der Waals surface area contributed by atoms with Gasteiger partial charge in [-0.15, -0.1) is 0 Å². The maximum atomic E-state index is 10.2. The largest absolute Gasteiger partial charge is 0.453 e. The minimum absolute atomic E-state index is 0.0369. The first kappa shape index (κ1) is 19.0. The lowest BCUT2D eigenvalue weighted by Gasteiger charge is -2.26. The Labute approximate surface area is 172 Å². The third kappa shape index (κ3) is 3.54. The van der Waals surface area contributed by atoms with Gasteiger partial charge in [0.2, 0.25) is 0 Å². The second-order valence-electron chi connectivity index (χ2n) is 8.85. The van der Waals surface area contributed by atoms with E-state index in [1.54, 1.807) is 0 Å². The summed E-state index contributed by atoms with van der Waals surface area (Å²) >= 11 is 0. The summed E-state index contributed by atoms with van der Waals surface area (Å²) in [6.07, 6.45) is 5.26. The Bertz CT molecular complexity index is 992. The molecule has 0 amide bonds. The van der Waals surface area contributed by atoms with Gasteiger partial charge >= 0.3 is 0 Å². The number of rotatable bonds is 5. The van der Waals surface area contributed by atoms with Crippen LogP contribution in [0.3, 0.4) is 0 Å². The molecule has 1 atom stereocenters. The number of hydrogen-bond donors (Lipinski definition) is 2. The molecule has 1 unspecified atom stereocenters. The summed E-state index contributed by atoms with van der Waals surface area (Å²) in [7, 11) is -2.48. The molecule has 0 bridgehead atoms. The van der Waals surface area contributed by atoms with E-state index in [1.165, 1.54) is 0 Å². The summed E-state index contributed by atoms with van der Waals surface area (Å²) in [6.45, 7) is 3.88. The maximum Gasteiger partial charge on any atom is 0.172 e. The van der Waals surface area contributed by atoms with Crippen LogP contribution in [0.25, 0.3) is 0 Å². The monoisotopic (exact) mass is 413 g/mol. The van der Waals surface area contributed by atoms with Crippen LogP contribution >= 0.6 is 10.6 Å². The summed E-state index contributed by atoms with van der Waals surface area (Å²) in [6, 6.07) is 6.17. The van der Waals surface area contributed by atoms with Crippen molar-refractivity contribution in [3.05, 3.63) is 40.2 Å². The van der Waals surface area contributed by atoms with Crippen molar-refractivity contribution in [1.82, 2.24) is 9.78 Å². The summed E-state index contributed by atoms with van der Waals surface area (Å²) in [4.78, 5) is 0. The first-order chi connectivity index (χ1) is 13.9. The molecule has 5 rings (SSSR count). The number of aryl methyl sites for hydroxylation is 2. The van der Waals surface area contributed by atoms with Gasteiger partial charge in [0.1, 0.15) is 11.4 Å². The first-order valence-corrected chi connectivity index (χ1v) is 12.3. The first-order valence-electron chi connectivity index (χ1n) is 10.4. The predicted molar refractivity (Wildman–Crippen MR) is 113 cm³/mol. The van der Waals surface area contributed by atoms with Gasteiger partial charge in [0.05, 0.1) is 29.1 Å². The Morgan fingerprint density at radius 1 is 1.10 bits per heavy atom. The molecule has 3 fully saturated rings. The summed E-state index contributed by atoms with van der Waals surface area (Å²) in [5, 5.41) is 14.3.